The van der Waals surface area contributed by atoms with Gasteiger partial charge in [-0.3, -0.25) is 0 Å². The van der Waals surface area contributed by atoms with Crippen molar-refractivity contribution < 1.29 is 18.9 Å². The third-order valence-electron chi connectivity index (χ3n) is 3.72. The summed E-state index contributed by atoms with van der Waals surface area (Å²) in [6, 6.07) is 15.8. The first kappa shape index (κ1) is 20.5. The van der Waals surface area contributed by atoms with Gasteiger partial charge in [-0.15, -0.1) is 0 Å². The summed E-state index contributed by atoms with van der Waals surface area (Å²) < 4.78 is 22.7. The van der Waals surface area contributed by atoms with E-state index in [2.05, 4.69) is 22.0 Å². The van der Waals surface area contributed by atoms with Gasteiger partial charge >= 0.3 is 0 Å². The van der Waals surface area contributed by atoms with Crippen LogP contribution in [0.5, 0.6) is 11.5 Å². The van der Waals surface area contributed by atoms with E-state index in [4.69, 9.17) is 18.9 Å². The Morgan fingerprint density at radius 2 is 1.31 bits per heavy atom. The van der Waals surface area contributed by atoms with Gasteiger partial charge in [0.05, 0.1) is 40.6 Å². The Morgan fingerprint density at radius 3 is 1.81 bits per heavy atom. The van der Waals surface area contributed by atoms with Gasteiger partial charge < -0.3 is 18.9 Å². The zero-order chi connectivity index (χ0) is 18.6. The Hall–Kier alpha value is -1.82. The molecule has 0 aliphatic rings. The summed E-state index contributed by atoms with van der Waals surface area (Å²) in [6.07, 6.45) is 2.92. The topological polar surface area (TPSA) is 36.9 Å². The summed E-state index contributed by atoms with van der Waals surface area (Å²) in [5, 5.41) is 0. The molecule has 0 saturated carbocycles. The van der Waals surface area contributed by atoms with Gasteiger partial charge in [0.2, 0.25) is 0 Å². The van der Waals surface area contributed by atoms with Crippen LogP contribution >= 0.6 is 15.9 Å². The zero-order valence-electron chi connectivity index (χ0n) is 15.2. The smallest absolute Gasteiger partial charge is 0.118 e. The predicted octanol–water partition coefficient (Wildman–Crippen LogP) is 5.11. The summed E-state index contributed by atoms with van der Waals surface area (Å²) in [5.41, 5.74) is 2.26. The average Bonchev–Trinajstić information content (AvgIpc) is 2.68. The average molecular weight is 421 g/mol. The summed E-state index contributed by atoms with van der Waals surface area (Å²) in [4.78, 5) is 0. The van der Waals surface area contributed by atoms with Crippen molar-refractivity contribution in [3.63, 3.8) is 0 Å². The molecule has 2 aromatic carbocycles. The largest absolute Gasteiger partial charge is 0.497 e. The second-order valence-electron chi connectivity index (χ2n) is 5.68. The summed E-state index contributed by atoms with van der Waals surface area (Å²) >= 11 is 3.53. The molecular weight excluding hydrogens is 396 g/mol. The molecule has 140 valence electrons. The molecule has 0 amide bonds. The summed E-state index contributed by atoms with van der Waals surface area (Å²) in [6.45, 7) is 2.38. The highest BCUT2D eigenvalue weighted by atomic mass is 79.9. The highest BCUT2D eigenvalue weighted by Crippen LogP contribution is 2.14. The van der Waals surface area contributed by atoms with E-state index in [-0.39, 0.29) is 0 Å². The fourth-order valence-corrected chi connectivity index (χ4v) is 2.65. The Kier molecular flexibility index (Phi) is 9.24. The fraction of sp³-hybridized carbons (Fsp3) is 0.333. The van der Waals surface area contributed by atoms with E-state index in [0.717, 1.165) is 33.5 Å². The number of rotatable bonds is 11. The molecule has 0 unspecified atom stereocenters. The third-order valence-corrected chi connectivity index (χ3v) is 4.28. The minimum Gasteiger partial charge on any atom is -0.497 e. The lowest BCUT2D eigenvalue weighted by molar-refractivity contribution is 0.124. The van der Waals surface area contributed by atoms with Crippen molar-refractivity contribution in [3.05, 3.63) is 70.2 Å². The monoisotopic (exact) mass is 420 g/mol. The quantitative estimate of drug-likeness (QED) is 0.473. The first-order valence-electron chi connectivity index (χ1n) is 8.47. The van der Waals surface area contributed by atoms with Gasteiger partial charge in [-0.05, 0) is 41.8 Å². The number of hydrogen-bond acceptors (Lipinski definition) is 4. The van der Waals surface area contributed by atoms with Crippen LogP contribution in [0.1, 0.15) is 17.5 Å². The van der Waals surface area contributed by atoms with E-state index in [1.807, 2.05) is 48.5 Å². The van der Waals surface area contributed by atoms with Crippen LogP contribution in [-0.2, 0) is 22.7 Å². The first-order valence-corrected chi connectivity index (χ1v) is 9.26. The number of benzene rings is 2. The molecular formula is C21H25BrO4. The minimum atomic E-state index is 0.546. The van der Waals surface area contributed by atoms with Crippen molar-refractivity contribution in [1.29, 1.82) is 0 Å². The second kappa shape index (κ2) is 11.7. The molecule has 0 N–H and O–H groups in total. The maximum atomic E-state index is 5.69. The van der Waals surface area contributed by atoms with Crippen LogP contribution in [0.25, 0.3) is 0 Å². The van der Waals surface area contributed by atoms with Gasteiger partial charge in [0.15, 0.2) is 0 Å². The van der Waals surface area contributed by atoms with Crippen LogP contribution in [0.15, 0.2) is 59.1 Å². The van der Waals surface area contributed by atoms with Crippen molar-refractivity contribution in [2.45, 2.75) is 19.6 Å². The van der Waals surface area contributed by atoms with Gasteiger partial charge in [0, 0.05) is 4.48 Å². The van der Waals surface area contributed by atoms with E-state index in [1.54, 1.807) is 14.2 Å². The first-order chi connectivity index (χ1) is 12.7. The molecule has 0 aliphatic carbocycles. The normalized spacial score (nSPS) is 11.4. The van der Waals surface area contributed by atoms with E-state index in [1.165, 1.54) is 0 Å². The third kappa shape index (κ3) is 7.60. The molecule has 0 saturated heterocycles. The summed E-state index contributed by atoms with van der Waals surface area (Å²) in [7, 11) is 3.32. The van der Waals surface area contributed by atoms with E-state index >= 15 is 0 Å². The lowest BCUT2D eigenvalue weighted by Gasteiger charge is -2.06. The van der Waals surface area contributed by atoms with Crippen LogP contribution in [0.4, 0.5) is 0 Å². The van der Waals surface area contributed by atoms with Crippen molar-refractivity contribution in [3.8, 4) is 11.5 Å². The van der Waals surface area contributed by atoms with E-state index < -0.39 is 0 Å². The Bertz CT molecular complexity index is 665. The van der Waals surface area contributed by atoms with Gasteiger partial charge in [-0.25, -0.2) is 0 Å². The number of ether oxygens (including phenoxy) is 4. The van der Waals surface area contributed by atoms with Crippen LogP contribution in [-0.4, -0.2) is 27.4 Å². The molecule has 0 spiro atoms. The zero-order valence-corrected chi connectivity index (χ0v) is 16.8. The molecule has 0 radical (unpaired) electrons. The van der Waals surface area contributed by atoms with Crippen molar-refractivity contribution in [2.24, 2.45) is 0 Å². The molecule has 2 rings (SSSR count). The van der Waals surface area contributed by atoms with Crippen LogP contribution < -0.4 is 9.47 Å². The lowest BCUT2D eigenvalue weighted by Crippen LogP contribution is -1.97. The van der Waals surface area contributed by atoms with Crippen molar-refractivity contribution in [1.82, 2.24) is 0 Å². The summed E-state index contributed by atoms with van der Waals surface area (Å²) in [5.74, 6) is 1.71. The van der Waals surface area contributed by atoms with Crippen LogP contribution in [0, 0.1) is 0 Å². The molecule has 4 nitrogen and oxygen atoms in total. The minimum absolute atomic E-state index is 0.546. The maximum Gasteiger partial charge on any atom is 0.118 e. The fourth-order valence-electron chi connectivity index (χ4n) is 2.26. The molecule has 0 fully saturated rings. The Labute approximate surface area is 163 Å². The van der Waals surface area contributed by atoms with Gasteiger partial charge in [-0.1, -0.05) is 46.3 Å². The standard InChI is InChI=1S/C21H25BrO4/c1-23-20-9-5-17(6-10-20)14-25-13-3-4-19(22)16-26-15-18-7-11-21(24-2)12-8-18/h4-12H,3,13-16H2,1-2H3/b19-4+. The molecule has 2 aromatic rings. The highest BCUT2D eigenvalue weighted by Gasteiger charge is 1.98. The number of methoxy groups -OCH3 is 2. The number of halogens is 1. The van der Waals surface area contributed by atoms with Gasteiger partial charge in [0.1, 0.15) is 11.5 Å². The molecule has 0 aromatic heterocycles. The Morgan fingerprint density at radius 1 is 0.808 bits per heavy atom. The van der Waals surface area contributed by atoms with Crippen molar-refractivity contribution >= 4 is 15.9 Å². The maximum absolute atomic E-state index is 5.69. The van der Waals surface area contributed by atoms with Gasteiger partial charge in [0.25, 0.3) is 0 Å². The van der Waals surface area contributed by atoms with E-state index in [9.17, 15) is 0 Å². The van der Waals surface area contributed by atoms with Crippen LogP contribution in [0.2, 0.25) is 0 Å². The highest BCUT2D eigenvalue weighted by molar-refractivity contribution is 9.11. The molecule has 26 heavy (non-hydrogen) atoms. The second-order valence-corrected chi connectivity index (χ2v) is 6.70. The number of hydrogen-bond donors (Lipinski definition) is 0. The SMILES string of the molecule is COc1ccc(COCC/C=C(/Br)COCc2ccc(OC)cc2)cc1. The Balaban J connectivity index is 1.58. The van der Waals surface area contributed by atoms with Gasteiger partial charge in [-0.2, -0.15) is 0 Å². The molecule has 5 heteroatoms. The molecule has 0 aliphatic heterocycles. The molecule has 0 heterocycles. The molecule has 0 atom stereocenters. The van der Waals surface area contributed by atoms with E-state index in [0.29, 0.717) is 26.4 Å². The van der Waals surface area contributed by atoms with Crippen LogP contribution in [0.3, 0.4) is 0 Å². The lowest BCUT2D eigenvalue weighted by atomic mass is 10.2. The molecule has 0 bridgehead atoms. The van der Waals surface area contributed by atoms with Crippen molar-refractivity contribution in [2.75, 3.05) is 27.4 Å². The predicted molar refractivity (Wildman–Crippen MR) is 107 cm³/mol.